The van der Waals surface area contributed by atoms with Gasteiger partial charge in [-0.3, -0.25) is 0 Å². The molecule has 10 heteroatoms. The number of hydrogen-bond donors (Lipinski definition) is 2. The van der Waals surface area contributed by atoms with Gasteiger partial charge in [0.05, 0.1) is 10.5 Å². The van der Waals surface area contributed by atoms with Crippen molar-refractivity contribution in [1.82, 2.24) is 4.72 Å². The summed E-state index contributed by atoms with van der Waals surface area (Å²) in [6.45, 7) is 0. The average molecular weight is 388 g/mol. The molecular formula is C11H9BrF3NO4S. The van der Waals surface area contributed by atoms with Crippen molar-refractivity contribution in [1.29, 1.82) is 0 Å². The fourth-order valence-electron chi connectivity index (χ4n) is 1.72. The van der Waals surface area contributed by atoms with E-state index in [-0.39, 0.29) is 22.9 Å². The normalized spacial score (nSPS) is 17.5. The Kier molecular flexibility index (Phi) is 3.83. The van der Waals surface area contributed by atoms with Crippen LogP contribution in [0.5, 0.6) is 0 Å². The predicted octanol–water partition coefficient (Wildman–Crippen LogP) is 2.52. The molecule has 0 heterocycles. The van der Waals surface area contributed by atoms with Gasteiger partial charge in [-0.1, -0.05) is 0 Å². The number of carboxylic acid groups (broad SMARTS) is 1. The van der Waals surface area contributed by atoms with Crippen molar-refractivity contribution in [3.8, 4) is 0 Å². The zero-order chi connectivity index (χ0) is 16.1. The summed E-state index contributed by atoms with van der Waals surface area (Å²) in [6, 6.07) is 3.00. The van der Waals surface area contributed by atoms with Gasteiger partial charge in [-0.05, 0) is 47.0 Å². The van der Waals surface area contributed by atoms with Crippen molar-refractivity contribution in [3.05, 3.63) is 28.2 Å². The highest BCUT2D eigenvalue weighted by Crippen LogP contribution is 2.49. The largest absolute Gasteiger partial charge is 0.478 e. The first kappa shape index (κ1) is 16.2. The fraction of sp³-hybridized carbons (Fsp3) is 0.364. The van der Waals surface area contributed by atoms with Crippen LogP contribution in [0.25, 0.3) is 0 Å². The number of sulfonamides is 1. The highest BCUT2D eigenvalue weighted by molar-refractivity contribution is 9.10. The molecule has 1 aliphatic rings. The number of nitrogens with one attached hydrogen (secondary N) is 1. The van der Waals surface area contributed by atoms with E-state index in [1.54, 1.807) is 4.72 Å². The van der Waals surface area contributed by atoms with E-state index in [4.69, 9.17) is 5.11 Å². The SMILES string of the molecule is O=C(O)c1cc(S(=O)(=O)NC2(C(F)(F)F)CC2)ccc1Br. The molecule has 0 aromatic heterocycles. The molecule has 0 atom stereocenters. The van der Waals surface area contributed by atoms with Crippen LogP contribution in [0.3, 0.4) is 0 Å². The van der Waals surface area contributed by atoms with E-state index in [1.165, 1.54) is 0 Å². The van der Waals surface area contributed by atoms with Crippen molar-refractivity contribution >= 4 is 31.9 Å². The lowest BCUT2D eigenvalue weighted by Gasteiger charge is -2.20. The van der Waals surface area contributed by atoms with Crippen molar-refractivity contribution < 1.29 is 31.5 Å². The molecule has 1 aromatic rings. The van der Waals surface area contributed by atoms with Gasteiger partial charge >= 0.3 is 12.1 Å². The zero-order valence-corrected chi connectivity index (χ0v) is 12.6. The number of hydrogen-bond acceptors (Lipinski definition) is 3. The second-order valence-corrected chi connectivity index (χ2v) is 7.17. The Bertz CT molecular complexity index is 698. The number of aromatic carboxylic acids is 1. The third-order valence-corrected chi connectivity index (χ3v) is 5.33. The molecule has 1 saturated carbocycles. The zero-order valence-electron chi connectivity index (χ0n) is 10.2. The molecule has 0 bridgehead atoms. The standard InChI is InChI=1S/C11H9BrF3NO4S/c12-8-2-1-6(5-7(8)9(17)18)21(19,20)16-10(3-4-10)11(13,14)15/h1-2,5,16H,3-4H2,(H,17,18). The molecule has 1 aromatic carbocycles. The minimum Gasteiger partial charge on any atom is -0.478 e. The van der Waals surface area contributed by atoms with E-state index < -0.39 is 32.6 Å². The van der Waals surface area contributed by atoms with Crippen LogP contribution in [0.1, 0.15) is 23.2 Å². The van der Waals surface area contributed by atoms with E-state index in [1.807, 2.05) is 0 Å². The lowest BCUT2D eigenvalue weighted by Crippen LogP contribution is -2.47. The summed E-state index contributed by atoms with van der Waals surface area (Å²) in [5.74, 6) is -1.39. The molecule has 1 aliphatic carbocycles. The Labute approximate surface area is 126 Å². The van der Waals surface area contributed by atoms with E-state index in [2.05, 4.69) is 15.9 Å². The van der Waals surface area contributed by atoms with E-state index in [0.29, 0.717) is 0 Å². The molecule has 0 spiro atoms. The maximum Gasteiger partial charge on any atom is 0.407 e. The van der Waals surface area contributed by atoms with Crippen LogP contribution in [0, 0.1) is 0 Å². The number of rotatable bonds is 4. The van der Waals surface area contributed by atoms with Crippen molar-refractivity contribution in [2.24, 2.45) is 0 Å². The van der Waals surface area contributed by atoms with Gasteiger partial charge in [-0.15, -0.1) is 0 Å². The van der Waals surface area contributed by atoms with Crippen LogP contribution in [0.15, 0.2) is 27.6 Å². The molecule has 0 aliphatic heterocycles. The van der Waals surface area contributed by atoms with Crippen LogP contribution in [-0.4, -0.2) is 31.2 Å². The second kappa shape index (κ2) is 4.96. The summed E-state index contributed by atoms with van der Waals surface area (Å²) in [4.78, 5) is 10.4. The Morgan fingerprint density at radius 2 is 1.90 bits per heavy atom. The summed E-state index contributed by atoms with van der Waals surface area (Å²) < 4.78 is 64.1. The van der Waals surface area contributed by atoms with Crippen molar-refractivity contribution in [2.75, 3.05) is 0 Å². The van der Waals surface area contributed by atoms with E-state index in [0.717, 1.165) is 18.2 Å². The first-order valence-electron chi connectivity index (χ1n) is 5.62. The summed E-state index contributed by atoms with van der Waals surface area (Å²) in [7, 11) is -4.47. The highest BCUT2D eigenvalue weighted by atomic mass is 79.9. The predicted molar refractivity (Wildman–Crippen MR) is 69.4 cm³/mol. The first-order chi connectivity index (χ1) is 9.48. The van der Waals surface area contributed by atoms with Gasteiger partial charge in [0.2, 0.25) is 10.0 Å². The summed E-state index contributed by atoms with van der Waals surface area (Å²) in [5, 5.41) is 8.90. The third kappa shape index (κ3) is 3.06. The Morgan fingerprint density at radius 1 is 1.33 bits per heavy atom. The maximum atomic E-state index is 12.8. The molecule has 21 heavy (non-hydrogen) atoms. The van der Waals surface area contributed by atoms with E-state index >= 15 is 0 Å². The molecule has 0 saturated heterocycles. The first-order valence-corrected chi connectivity index (χ1v) is 7.90. The topological polar surface area (TPSA) is 83.5 Å². The molecule has 0 unspecified atom stereocenters. The minimum absolute atomic E-state index is 0.130. The van der Waals surface area contributed by atoms with Crippen LogP contribution < -0.4 is 4.72 Å². The summed E-state index contributed by atoms with van der Waals surface area (Å²) in [6.07, 6.45) is -5.36. The molecular weight excluding hydrogens is 379 g/mol. The lowest BCUT2D eigenvalue weighted by molar-refractivity contribution is -0.160. The fourth-order valence-corrected chi connectivity index (χ4v) is 3.61. The molecule has 2 N–H and O–H groups in total. The smallest absolute Gasteiger partial charge is 0.407 e. The monoisotopic (exact) mass is 387 g/mol. The molecule has 0 amide bonds. The number of carboxylic acids is 1. The molecule has 5 nitrogen and oxygen atoms in total. The quantitative estimate of drug-likeness (QED) is 0.831. The molecule has 116 valence electrons. The van der Waals surface area contributed by atoms with Gasteiger partial charge in [0.1, 0.15) is 5.54 Å². The Balaban J connectivity index is 2.38. The Hall–Kier alpha value is -1.13. The summed E-state index contributed by atoms with van der Waals surface area (Å²) >= 11 is 2.93. The van der Waals surface area contributed by atoms with E-state index in [9.17, 15) is 26.4 Å². The Morgan fingerprint density at radius 3 is 2.33 bits per heavy atom. The van der Waals surface area contributed by atoms with Gasteiger partial charge in [0.15, 0.2) is 0 Å². The number of alkyl halides is 3. The molecule has 1 fully saturated rings. The number of halogens is 4. The van der Waals surface area contributed by atoms with Crippen LogP contribution in [0.2, 0.25) is 0 Å². The van der Waals surface area contributed by atoms with Gasteiger partial charge in [0.25, 0.3) is 0 Å². The number of benzene rings is 1. The van der Waals surface area contributed by atoms with Gasteiger partial charge in [-0.25, -0.2) is 13.2 Å². The van der Waals surface area contributed by atoms with Crippen molar-refractivity contribution in [2.45, 2.75) is 29.5 Å². The van der Waals surface area contributed by atoms with Gasteiger partial charge in [0, 0.05) is 4.47 Å². The average Bonchev–Trinajstić information content (AvgIpc) is 3.08. The van der Waals surface area contributed by atoms with Crippen LogP contribution in [-0.2, 0) is 10.0 Å². The lowest BCUT2D eigenvalue weighted by atomic mass is 10.2. The van der Waals surface area contributed by atoms with Crippen LogP contribution >= 0.6 is 15.9 Å². The minimum atomic E-state index is -4.69. The molecule has 2 rings (SSSR count). The summed E-state index contributed by atoms with van der Waals surface area (Å²) in [5.41, 5.74) is -2.79. The van der Waals surface area contributed by atoms with Crippen molar-refractivity contribution in [3.63, 3.8) is 0 Å². The van der Waals surface area contributed by atoms with Gasteiger partial charge in [-0.2, -0.15) is 17.9 Å². The molecule has 0 radical (unpaired) electrons. The maximum absolute atomic E-state index is 12.8. The number of carbonyl (C=O) groups is 1. The van der Waals surface area contributed by atoms with Crippen LogP contribution in [0.4, 0.5) is 13.2 Å². The highest BCUT2D eigenvalue weighted by Gasteiger charge is 2.65. The van der Waals surface area contributed by atoms with Gasteiger partial charge < -0.3 is 5.11 Å². The third-order valence-electron chi connectivity index (χ3n) is 3.10. The second-order valence-electron chi connectivity index (χ2n) is 4.63.